The SMILES string of the molecule is CCOC(=O)C/C(Cc1ccc(F)cc1)=C(/CC)N(N)CCN. The van der Waals surface area contributed by atoms with Crippen LogP contribution in [0.2, 0.25) is 0 Å². The second kappa shape index (κ2) is 9.97. The Morgan fingerprint density at radius 2 is 1.91 bits per heavy atom. The van der Waals surface area contributed by atoms with Crippen LogP contribution in [-0.2, 0) is 16.0 Å². The lowest BCUT2D eigenvalue weighted by molar-refractivity contribution is -0.142. The third kappa shape index (κ3) is 6.38. The monoisotopic (exact) mass is 323 g/mol. The number of esters is 1. The Bertz CT molecular complexity index is 529. The summed E-state index contributed by atoms with van der Waals surface area (Å²) in [7, 11) is 0. The molecule has 0 amide bonds. The first kappa shape index (κ1) is 19.1. The van der Waals surface area contributed by atoms with Crippen LogP contribution in [0.5, 0.6) is 0 Å². The van der Waals surface area contributed by atoms with Gasteiger partial charge in [0.15, 0.2) is 0 Å². The molecule has 1 rings (SSSR count). The lowest BCUT2D eigenvalue weighted by Gasteiger charge is -2.24. The number of carbonyl (C=O) groups excluding carboxylic acids is 1. The number of nitrogens with zero attached hydrogens (tertiary/aromatic N) is 1. The van der Waals surface area contributed by atoms with Crippen molar-refractivity contribution in [1.82, 2.24) is 5.01 Å². The number of hydrazine groups is 1. The van der Waals surface area contributed by atoms with Crippen LogP contribution < -0.4 is 11.6 Å². The molecule has 6 heteroatoms. The number of hydrogen-bond donors (Lipinski definition) is 2. The molecule has 5 nitrogen and oxygen atoms in total. The van der Waals surface area contributed by atoms with Crippen LogP contribution in [0.4, 0.5) is 4.39 Å². The molecule has 0 radical (unpaired) electrons. The first-order valence-corrected chi connectivity index (χ1v) is 7.85. The van der Waals surface area contributed by atoms with Gasteiger partial charge in [0, 0.05) is 18.8 Å². The van der Waals surface area contributed by atoms with Gasteiger partial charge in [0.1, 0.15) is 5.82 Å². The molecule has 0 atom stereocenters. The Labute approximate surface area is 137 Å². The summed E-state index contributed by atoms with van der Waals surface area (Å²) >= 11 is 0. The van der Waals surface area contributed by atoms with E-state index in [1.165, 1.54) is 12.1 Å². The van der Waals surface area contributed by atoms with E-state index in [0.29, 0.717) is 32.5 Å². The Morgan fingerprint density at radius 3 is 2.43 bits per heavy atom. The highest BCUT2D eigenvalue weighted by Crippen LogP contribution is 2.20. The van der Waals surface area contributed by atoms with Gasteiger partial charge in [-0.15, -0.1) is 0 Å². The van der Waals surface area contributed by atoms with Crippen molar-refractivity contribution in [2.75, 3.05) is 19.7 Å². The maximum absolute atomic E-state index is 13.1. The zero-order valence-electron chi connectivity index (χ0n) is 13.8. The first-order chi connectivity index (χ1) is 11.0. The fourth-order valence-electron chi connectivity index (χ4n) is 2.43. The molecule has 0 saturated carbocycles. The summed E-state index contributed by atoms with van der Waals surface area (Å²) in [5, 5.41) is 1.58. The molecular weight excluding hydrogens is 297 g/mol. The molecule has 0 unspecified atom stereocenters. The number of ether oxygens (including phenoxy) is 1. The van der Waals surface area contributed by atoms with E-state index in [1.807, 2.05) is 6.92 Å². The highest BCUT2D eigenvalue weighted by atomic mass is 19.1. The molecule has 0 saturated heterocycles. The van der Waals surface area contributed by atoms with Gasteiger partial charge >= 0.3 is 5.97 Å². The van der Waals surface area contributed by atoms with Crippen LogP contribution in [0.25, 0.3) is 0 Å². The van der Waals surface area contributed by atoms with Crippen molar-refractivity contribution in [3.63, 3.8) is 0 Å². The van der Waals surface area contributed by atoms with Gasteiger partial charge in [-0.05, 0) is 43.0 Å². The number of benzene rings is 1. The number of allylic oxidation sites excluding steroid dienone is 1. The molecule has 0 aliphatic rings. The van der Waals surface area contributed by atoms with Crippen molar-refractivity contribution in [2.45, 2.75) is 33.1 Å². The van der Waals surface area contributed by atoms with Crippen molar-refractivity contribution >= 4 is 5.97 Å². The van der Waals surface area contributed by atoms with E-state index in [4.69, 9.17) is 16.3 Å². The van der Waals surface area contributed by atoms with E-state index in [2.05, 4.69) is 0 Å². The number of nitrogens with two attached hydrogens (primary N) is 2. The van der Waals surface area contributed by atoms with E-state index in [1.54, 1.807) is 24.1 Å². The lowest BCUT2D eigenvalue weighted by atomic mass is 9.99. The van der Waals surface area contributed by atoms with Gasteiger partial charge in [0.25, 0.3) is 0 Å². The summed E-state index contributed by atoms with van der Waals surface area (Å²) in [6.45, 7) is 4.99. The van der Waals surface area contributed by atoms with Crippen LogP contribution in [0.3, 0.4) is 0 Å². The molecule has 0 aliphatic carbocycles. The summed E-state index contributed by atoms with van der Waals surface area (Å²) in [5.74, 6) is 5.47. The van der Waals surface area contributed by atoms with E-state index < -0.39 is 0 Å². The van der Waals surface area contributed by atoms with Crippen LogP contribution >= 0.6 is 0 Å². The number of rotatable bonds is 9. The highest BCUT2D eigenvalue weighted by molar-refractivity contribution is 5.72. The second-order valence-electron chi connectivity index (χ2n) is 5.17. The van der Waals surface area contributed by atoms with Gasteiger partial charge in [-0.2, -0.15) is 0 Å². The van der Waals surface area contributed by atoms with Crippen molar-refractivity contribution in [3.8, 4) is 0 Å². The molecule has 0 spiro atoms. The normalized spacial score (nSPS) is 11.9. The topological polar surface area (TPSA) is 81.6 Å². The molecular formula is C17H26FN3O2. The van der Waals surface area contributed by atoms with Gasteiger partial charge in [-0.3, -0.25) is 4.79 Å². The molecule has 4 N–H and O–H groups in total. The van der Waals surface area contributed by atoms with Gasteiger partial charge in [-0.1, -0.05) is 19.1 Å². The quantitative estimate of drug-likeness (QED) is 0.413. The Balaban J connectivity index is 3.07. The van der Waals surface area contributed by atoms with Crippen molar-refractivity contribution in [2.24, 2.45) is 11.6 Å². The van der Waals surface area contributed by atoms with Gasteiger partial charge in [-0.25, -0.2) is 10.2 Å². The largest absolute Gasteiger partial charge is 0.466 e. The van der Waals surface area contributed by atoms with Crippen LogP contribution in [-0.4, -0.2) is 30.7 Å². The highest BCUT2D eigenvalue weighted by Gasteiger charge is 2.15. The van der Waals surface area contributed by atoms with Crippen molar-refractivity contribution < 1.29 is 13.9 Å². The minimum Gasteiger partial charge on any atom is -0.466 e. The average molecular weight is 323 g/mol. The molecule has 0 aliphatic heterocycles. The van der Waals surface area contributed by atoms with E-state index in [0.717, 1.165) is 16.8 Å². The second-order valence-corrected chi connectivity index (χ2v) is 5.17. The summed E-state index contributed by atoms with van der Waals surface area (Å²) < 4.78 is 18.1. The molecule has 1 aromatic rings. The van der Waals surface area contributed by atoms with Crippen LogP contribution in [0.1, 0.15) is 32.3 Å². The average Bonchev–Trinajstić information content (AvgIpc) is 2.50. The molecule has 0 fully saturated rings. The molecule has 0 heterocycles. The maximum atomic E-state index is 13.1. The summed E-state index contributed by atoms with van der Waals surface area (Å²) in [6.07, 6.45) is 1.35. The Morgan fingerprint density at radius 1 is 1.26 bits per heavy atom. The van der Waals surface area contributed by atoms with Gasteiger partial charge < -0.3 is 15.5 Å². The van der Waals surface area contributed by atoms with E-state index >= 15 is 0 Å². The summed E-state index contributed by atoms with van der Waals surface area (Å²) in [4.78, 5) is 11.9. The zero-order valence-corrected chi connectivity index (χ0v) is 13.8. The first-order valence-electron chi connectivity index (χ1n) is 7.85. The smallest absolute Gasteiger partial charge is 0.309 e. The van der Waals surface area contributed by atoms with Crippen LogP contribution in [0, 0.1) is 5.82 Å². The standard InChI is InChI=1S/C17H26FN3O2/c1-3-16(21(20)10-9-19)14(12-17(22)23-4-2)11-13-5-7-15(18)8-6-13/h5-8H,3-4,9-12,19-20H2,1-2H3/b16-14-. The molecule has 0 bridgehead atoms. The molecule has 1 aromatic carbocycles. The maximum Gasteiger partial charge on any atom is 0.309 e. The Kier molecular flexibility index (Phi) is 8.29. The fraction of sp³-hybridized carbons (Fsp3) is 0.471. The summed E-state index contributed by atoms with van der Waals surface area (Å²) in [6, 6.07) is 6.22. The minimum absolute atomic E-state index is 0.159. The summed E-state index contributed by atoms with van der Waals surface area (Å²) in [5.41, 5.74) is 8.21. The Hall–Kier alpha value is -1.92. The third-order valence-electron chi connectivity index (χ3n) is 3.45. The molecule has 0 aromatic heterocycles. The van der Waals surface area contributed by atoms with E-state index in [9.17, 15) is 9.18 Å². The number of carbonyl (C=O) groups is 1. The van der Waals surface area contributed by atoms with Crippen molar-refractivity contribution in [1.29, 1.82) is 0 Å². The van der Waals surface area contributed by atoms with Gasteiger partial charge in [0.05, 0.1) is 13.0 Å². The van der Waals surface area contributed by atoms with Gasteiger partial charge in [0.2, 0.25) is 0 Å². The zero-order chi connectivity index (χ0) is 17.2. The number of halogens is 1. The predicted octanol–water partition coefficient (Wildman–Crippen LogP) is 2.12. The van der Waals surface area contributed by atoms with Crippen LogP contribution in [0.15, 0.2) is 35.5 Å². The number of hydrogen-bond acceptors (Lipinski definition) is 5. The molecule has 23 heavy (non-hydrogen) atoms. The molecule has 128 valence electrons. The minimum atomic E-state index is -0.295. The van der Waals surface area contributed by atoms with Crippen molar-refractivity contribution in [3.05, 3.63) is 46.9 Å². The fourth-order valence-corrected chi connectivity index (χ4v) is 2.43. The van der Waals surface area contributed by atoms with E-state index in [-0.39, 0.29) is 18.2 Å². The predicted molar refractivity (Wildman–Crippen MR) is 88.6 cm³/mol. The third-order valence-corrected chi connectivity index (χ3v) is 3.45. The lowest BCUT2D eigenvalue weighted by Crippen LogP contribution is -2.36.